The average molecular weight is 315 g/mol. The number of H-pyrrole nitrogens is 1. The van der Waals surface area contributed by atoms with Gasteiger partial charge in [-0.25, -0.2) is 4.98 Å². The predicted molar refractivity (Wildman–Crippen MR) is 97.4 cm³/mol. The number of hydrogen-bond donors (Lipinski definition) is 1. The summed E-state index contributed by atoms with van der Waals surface area (Å²) in [5.74, 6) is 1.04. The van der Waals surface area contributed by atoms with Gasteiger partial charge in [0.1, 0.15) is 5.82 Å². The Bertz CT molecular complexity index is 819. The zero-order valence-electron chi connectivity index (χ0n) is 13.7. The summed E-state index contributed by atoms with van der Waals surface area (Å²) < 4.78 is 0. The first-order valence-corrected chi connectivity index (χ1v) is 8.45. The molecule has 24 heavy (non-hydrogen) atoms. The molecule has 0 unspecified atom stereocenters. The van der Waals surface area contributed by atoms with Crippen molar-refractivity contribution in [2.24, 2.45) is 0 Å². The van der Waals surface area contributed by atoms with Gasteiger partial charge in [0.05, 0.1) is 17.9 Å². The Kier molecular flexibility index (Phi) is 4.15. The van der Waals surface area contributed by atoms with E-state index in [1.807, 2.05) is 6.07 Å². The number of aromatic nitrogens is 2. The fourth-order valence-electron chi connectivity index (χ4n) is 3.11. The second-order valence-electron chi connectivity index (χ2n) is 6.23. The van der Waals surface area contributed by atoms with E-state index < -0.39 is 0 Å². The number of aromatic amines is 1. The molecule has 0 bridgehead atoms. The lowest BCUT2D eigenvalue weighted by Gasteiger charge is -2.22. The maximum atomic E-state index is 4.73. The van der Waals surface area contributed by atoms with E-state index in [4.69, 9.17) is 4.98 Å². The zero-order valence-corrected chi connectivity index (χ0v) is 13.7. The van der Waals surface area contributed by atoms with Crippen LogP contribution in [-0.4, -0.2) is 21.4 Å². The predicted octanol–water partition coefficient (Wildman–Crippen LogP) is 4.03. The second-order valence-corrected chi connectivity index (χ2v) is 6.23. The largest absolute Gasteiger partial charge is 0.371 e. The van der Waals surface area contributed by atoms with Gasteiger partial charge in [-0.2, -0.15) is 0 Å². The molecule has 3 aromatic rings. The van der Waals surface area contributed by atoms with Gasteiger partial charge in [0.15, 0.2) is 0 Å². The van der Waals surface area contributed by atoms with Crippen molar-refractivity contribution >= 4 is 6.08 Å². The summed E-state index contributed by atoms with van der Waals surface area (Å²) in [6, 6.07) is 21.1. The van der Waals surface area contributed by atoms with E-state index in [0.717, 1.165) is 37.4 Å². The van der Waals surface area contributed by atoms with Crippen molar-refractivity contribution in [2.45, 2.75) is 19.4 Å². The van der Waals surface area contributed by atoms with Gasteiger partial charge >= 0.3 is 0 Å². The smallest absolute Gasteiger partial charge is 0.111 e. The summed E-state index contributed by atoms with van der Waals surface area (Å²) in [4.78, 5) is 10.6. The van der Waals surface area contributed by atoms with Crippen LogP contribution in [-0.2, 0) is 19.4 Å². The van der Waals surface area contributed by atoms with Crippen LogP contribution in [0.25, 0.3) is 6.08 Å². The molecule has 1 aliphatic rings. The van der Waals surface area contributed by atoms with Crippen molar-refractivity contribution in [1.82, 2.24) is 14.9 Å². The second kappa shape index (κ2) is 6.75. The molecule has 0 saturated heterocycles. The molecule has 2 heterocycles. The molecule has 0 aliphatic carbocycles. The van der Waals surface area contributed by atoms with E-state index in [0.29, 0.717) is 0 Å². The highest BCUT2D eigenvalue weighted by Gasteiger charge is 2.15. The van der Waals surface area contributed by atoms with Crippen molar-refractivity contribution in [3.05, 3.63) is 95.2 Å². The zero-order chi connectivity index (χ0) is 16.2. The molecule has 2 aromatic carbocycles. The standard InChI is InChI=1S/C21H21N3/c1-3-7-17(8-4-1)11-13-24-14-12-19-20(16-24)23-21(22-19)15-18-9-5-2-6-10-18/h1-10,12,14H,11,13,15-16H2,(H,22,23). The Morgan fingerprint density at radius 1 is 0.917 bits per heavy atom. The first kappa shape index (κ1) is 14.8. The quantitative estimate of drug-likeness (QED) is 0.771. The number of rotatable bonds is 5. The van der Waals surface area contributed by atoms with Gasteiger partial charge in [-0.15, -0.1) is 0 Å². The van der Waals surface area contributed by atoms with Gasteiger partial charge in [0.2, 0.25) is 0 Å². The molecule has 3 heteroatoms. The Hall–Kier alpha value is -2.81. The Morgan fingerprint density at radius 3 is 2.38 bits per heavy atom. The molecule has 0 atom stereocenters. The summed E-state index contributed by atoms with van der Waals surface area (Å²) >= 11 is 0. The third kappa shape index (κ3) is 3.40. The SMILES string of the molecule is C1=CN(CCc2ccccc2)Cc2[nH]c(Cc3ccccc3)nc21. The fourth-order valence-corrected chi connectivity index (χ4v) is 3.11. The molecule has 0 amide bonds. The van der Waals surface area contributed by atoms with Crippen molar-refractivity contribution < 1.29 is 0 Å². The van der Waals surface area contributed by atoms with Crippen molar-refractivity contribution in [3.8, 4) is 0 Å². The highest BCUT2D eigenvalue weighted by molar-refractivity contribution is 5.50. The summed E-state index contributed by atoms with van der Waals surface area (Å²) in [6.45, 7) is 1.92. The number of fused-ring (bicyclic) bond motifs is 1. The van der Waals surface area contributed by atoms with Crippen LogP contribution in [0.1, 0.15) is 28.3 Å². The lowest BCUT2D eigenvalue weighted by atomic mass is 10.1. The van der Waals surface area contributed by atoms with Gasteiger partial charge in [-0.3, -0.25) is 0 Å². The topological polar surface area (TPSA) is 31.9 Å². The molecule has 4 rings (SSSR count). The molecule has 1 aliphatic heterocycles. The summed E-state index contributed by atoms with van der Waals surface area (Å²) in [5, 5.41) is 0. The minimum absolute atomic E-state index is 0.853. The molecular weight excluding hydrogens is 294 g/mol. The van der Waals surface area contributed by atoms with E-state index in [1.54, 1.807) is 0 Å². The normalized spacial score (nSPS) is 13.1. The number of nitrogens with zero attached hydrogens (tertiary/aromatic N) is 2. The van der Waals surface area contributed by atoms with Gasteiger partial charge in [-0.1, -0.05) is 60.7 Å². The Labute approximate surface area is 142 Å². The van der Waals surface area contributed by atoms with Gasteiger partial charge in [-0.05, 0) is 23.6 Å². The highest BCUT2D eigenvalue weighted by Crippen LogP contribution is 2.19. The molecule has 3 nitrogen and oxygen atoms in total. The Morgan fingerprint density at radius 2 is 1.62 bits per heavy atom. The molecule has 0 fully saturated rings. The van der Waals surface area contributed by atoms with Crippen LogP contribution < -0.4 is 0 Å². The lowest BCUT2D eigenvalue weighted by Crippen LogP contribution is -2.22. The maximum absolute atomic E-state index is 4.73. The molecular formula is C21H21N3. The number of imidazole rings is 1. The first-order valence-electron chi connectivity index (χ1n) is 8.45. The minimum atomic E-state index is 0.853. The van der Waals surface area contributed by atoms with Crippen LogP contribution >= 0.6 is 0 Å². The summed E-state index contributed by atoms with van der Waals surface area (Å²) in [6.07, 6.45) is 6.20. The summed E-state index contributed by atoms with van der Waals surface area (Å²) in [7, 11) is 0. The molecule has 0 saturated carbocycles. The lowest BCUT2D eigenvalue weighted by molar-refractivity contribution is 0.366. The van der Waals surface area contributed by atoms with E-state index in [9.17, 15) is 0 Å². The third-order valence-corrected chi connectivity index (χ3v) is 4.41. The van der Waals surface area contributed by atoms with E-state index in [1.165, 1.54) is 16.8 Å². The van der Waals surface area contributed by atoms with E-state index >= 15 is 0 Å². The monoisotopic (exact) mass is 315 g/mol. The molecule has 120 valence electrons. The van der Waals surface area contributed by atoms with Crippen molar-refractivity contribution in [2.75, 3.05) is 6.54 Å². The average Bonchev–Trinajstić information content (AvgIpc) is 3.03. The number of benzene rings is 2. The van der Waals surface area contributed by atoms with E-state index in [2.05, 4.69) is 76.8 Å². The van der Waals surface area contributed by atoms with Crippen LogP contribution in [0.5, 0.6) is 0 Å². The molecule has 0 spiro atoms. The third-order valence-electron chi connectivity index (χ3n) is 4.41. The summed E-state index contributed by atoms with van der Waals surface area (Å²) in [5.41, 5.74) is 4.97. The molecule has 1 aromatic heterocycles. The van der Waals surface area contributed by atoms with Gasteiger partial charge < -0.3 is 9.88 Å². The van der Waals surface area contributed by atoms with Crippen LogP contribution in [0.3, 0.4) is 0 Å². The first-order chi connectivity index (χ1) is 11.9. The van der Waals surface area contributed by atoms with Crippen molar-refractivity contribution in [3.63, 3.8) is 0 Å². The molecule has 1 N–H and O–H groups in total. The number of nitrogens with one attached hydrogen (secondary N) is 1. The highest BCUT2D eigenvalue weighted by atomic mass is 15.1. The van der Waals surface area contributed by atoms with Gasteiger partial charge in [0.25, 0.3) is 0 Å². The van der Waals surface area contributed by atoms with Crippen LogP contribution in [0.2, 0.25) is 0 Å². The minimum Gasteiger partial charge on any atom is -0.371 e. The number of hydrogen-bond acceptors (Lipinski definition) is 2. The van der Waals surface area contributed by atoms with Crippen LogP contribution in [0, 0.1) is 0 Å². The van der Waals surface area contributed by atoms with Crippen LogP contribution in [0.4, 0.5) is 0 Å². The maximum Gasteiger partial charge on any atom is 0.111 e. The van der Waals surface area contributed by atoms with Crippen LogP contribution in [0.15, 0.2) is 66.9 Å². The molecule has 0 radical (unpaired) electrons. The van der Waals surface area contributed by atoms with Crippen molar-refractivity contribution in [1.29, 1.82) is 0 Å². The Balaban J connectivity index is 1.40. The van der Waals surface area contributed by atoms with Gasteiger partial charge in [0, 0.05) is 19.2 Å². The fraction of sp³-hybridized carbons (Fsp3) is 0.190. The van der Waals surface area contributed by atoms with E-state index in [-0.39, 0.29) is 0 Å².